The van der Waals surface area contributed by atoms with Gasteiger partial charge in [0.15, 0.2) is 11.7 Å². The molecule has 0 aromatic heterocycles. The molecule has 0 spiro atoms. The van der Waals surface area contributed by atoms with Crippen LogP contribution >= 0.6 is 28.1 Å². The monoisotopic (exact) mass is 467 g/mol. The molecule has 10 heteroatoms. The highest BCUT2D eigenvalue weighted by Crippen LogP contribution is 2.25. The summed E-state index contributed by atoms with van der Waals surface area (Å²) >= 11 is 8.27. The third-order valence-electron chi connectivity index (χ3n) is 3.39. The maximum absolute atomic E-state index is 12.1. The van der Waals surface area contributed by atoms with Crippen LogP contribution in [0.2, 0.25) is 0 Å². The van der Waals surface area contributed by atoms with Gasteiger partial charge in [0, 0.05) is 5.56 Å². The van der Waals surface area contributed by atoms with E-state index in [1.54, 1.807) is 49.6 Å². The molecule has 3 N–H and O–H groups in total. The van der Waals surface area contributed by atoms with E-state index in [1.807, 2.05) is 0 Å². The molecule has 148 valence electrons. The van der Waals surface area contributed by atoms with E-state index in [1.165, 1.54) is 7.11 Å². The number of halogens is 1. The molecule has 0 bridgehead atoms. The van der Waals surface area contributed by atoms with E-state index in [0.29, 0.717) is 27.3 Å². The van der Waals surface area contributed by atoms with Crippen LogP contribution in [0.3, 0.4) is 0 Å². The molecule has 0 aliphatic rings. The van der Waals surface area contributed by atoms with Gasteiger partial charge in [0.25, 0.3) is 11.8 Å². The molecule has 2 aromatic rings. The lowest BCUT2D eigenvalue weighted by molar-refractivity contribution is -0.121. The van der Waals surface area contributed by atoms with Crippen molar-refractivity contribution in [2.24, 2.45) is 0 Å². The predicted molar refractivity (Wildman–Crippen MR) is 111 cm³/mol. The van der Waals surface area contributed by atoms with E-state index >= 15 is 0 Å². The largest absolute Gasteiger partial charge is 0.497 e. The molecule has 2 aromatic carbocycles. The minimum absolute atomic E-state index is 0.0655. The number of hydrazine groups is 1. The Bertz CT molecular complexity index is 861. The van der Waals surface area contributed by atoms with Crippen molar-refractivity contribution in [1.82, 2.24) is 16.2 Å². The highest BCUT2D eigenvalue weighted by atomic mass is 79.9. The predicted octanol–water partition coefficient (Wildman–Crippen LogP) is 2.18. The standard InChI is InChI=1S/C18H18BrN3O5S/c1-25-12-4-6-13(7-5-12)27-10-16(23)20-18(28)22-21-17(24)11-3-8-15(26-2)14(19)9-11/h3-9H,10H2,1-2H3,(H,21,24)(H2,20,22,23,28). The molecular weight excluding hydrogens is 450 g/mol. The van der Waals surface area contributed by atoms with E-state index in [4.69, 9.17) is 26.4 Å². The molecule has 2 amide bonds. The molecule has 2 rings (SSSR count). The van der Waals surface area contributed by atoms with Crippen molar-refractivity contribution in [2.75, 3.05) is 20.8 Å². The van der Waals surface area contributed by atoms with Crippen LogP contribution in [0.25, 0.3) is 0 Å². The van der Waals surface area contributed by atoms with E-state index in [0.717, 1.165) is 0 Å². The Morgan fingerprint density at radius 1 is 1.00 bits per heavy atom. The number of carbonyl (C=O) groups is 2. The van der Waals surface area contributed by atoms with E-state index < -0.39 is 11.8 Å². The van der Waals surface area contributed by atoms with Crippen LogP contribution in [0, 0.1) is 0 Å². The molecule has 0 fully saturated rings. The van der Waals surface area contributed by atoms with Gasteiger partial charge < -0.3 is 14.2 Å². The molecule has 0 atom stereocenters. The maximum atomic E-state index is 12.1. The zero-order valence-electron chi connectivity index (χ0n) is 15.1. The van der Waals surface area contributed by atoms with Gasteiger partial charge in [-0.1, -0.05) is 0 Å². The number of nitrogens with one attached hydrogen (secondary N) is 3. The summed E-state index contributed by atoms with van der Waals surface area (Å²) in [4.78, 5) is 24.0. The van der Waals surface area contributed by atoms with Crippen molar-refractivity contribution in [1.29, 1.82) is 0 Å². The summed E-state index contributed by atoms with van der Waals surface area (Å²) in [6.45, 7) is -0.243. The number of thiocarbonyl (C=S) groups is 1. The molecule has 0 aliphatic carbocycles. The minimum Gasteiger partial charge on any atom is -0.497 e. The zero-order valence-corrected chi connectivity index (χ0v) is 17.5. The summed E-state index contributed by atoms with van der Waals surface area (Å²) in [5, 5.41) is 2.33. The van der Waals surface area contributed by atoms with Gasteiger partial charge in [-0.05, 0) is 70.6 Å². The van der Waals surface area contributed by atoms with E-state index in [-0.39, 0.29) is 11.7 Å². The molecule has 0 radical (unpaired) electrons. The van der Waals surface area contributed by atoms with Gasteiger partial charge in [-0.2, -0.15) is 0 Å². The summed E-state index contributed by atoms with van der Waals surface area (Å²) in [5.41, 5.74) is 5.22. The average Bonchev–Trinajstić information content (AvgIpc) is 2.70. The average molecular weight is 468 g/mol. The van der Waals surface area contributed by atoms with Crippen LogP contribution in [0.15, 0.2) is 46.9 Å². The Morgan fingerprint density at radius 3 is 2.29 bits per heavy atom. The summed E-state index contributed by atoms with van der Waals surface area (Å²) in [7, 11) is 3.09. The first-order valence-electron chi connectivity index (χ1n) is 7.93. The zero-order chi connectivity index (χ0) is 20.5. The van der Waals surface area contributed by atoms with Gasteiger partial charge in [0.2, 0.25) is 0 Å². The number of ether oxygens (including phenoxy) is 3. The molecule has 0 unspecified atom stereocenters. The van der Waals surface area contributed by atoms with Crippen molar-refractivity contribution < 1.29 is 23.8 Å². The van der Waals surface area contributed by atoms with Crippen LogP contribution in [0.1, 0.15) is 10.4 Å². The summed E-state index contributed by atoms with van der Waals surface area (Å²) in [6.07, 6.45) is 0. The van der Waals surface area contributed by atoms with Gasteiger partial charge in [-0.15, -0.1) is 0 Å². The maximum Gasteiger partial charge on any atom is 0.269 e. The highest BCUT2D eigenvalue weighted by molar-refractivity contribution is 9.10. The SMILES string of the molecule is COc1ccc(OCC(=O)NC(=S)NNC(=O)c2ccc(OC)c(Br)c2)cc1. The summed E-state index contributed by atoms with van der Waals surface area (Å²) in [6, 6.07) is 11.6. The Balaban J connectivity index is 1.75. The highest BCUT2D eigenvalue weighted by Gasteiger charge is 2.10. The van der Waals surface area contributed by atoms with Crippen LogP contribution in [0.4, 0.5) is 0 Å². The van der Waals surface area contributed by atoms with Crippen LogP contribution < -0.4 is 30.4 Å². The lowest BCUT2D eigenvalue weighted by atomic mass is 10.2. The van der Waals surface area contributed by atoms with Crippen LogP contribution in [0.5, 0.6) is 17.2 Å². The number of rotatable bonds is 6. The molecule has 0 aliphatic heterocycles. The van der Waals surface area contributed by atoms with E-state index in [9.17, 15) is 9.59 Å². The number of hydrogen-bond acceptors (Lipinski definition) is 6. The molecule has 28 heavy (non-hydrogen) atoms. The summed E-state index contributed by atoms with van der Waals surface area (Å²) < 4.78 is 16.1. The van der Waals surface area contributed by atoms with Crippen LogP contribution in [-0.4, -0.2) is 37.8 Å². The van der Waals surface area contributed by atoms with Crippen molar-refractivity contribution in [3.8, 4) is 17.2 Å². The van der Waals surface area contributed by atoms with Crippen molar-refractivity contribution in [2.45, 2.75) is 0 Å². The second-order valence-electron chi connectivity index (χ2n) is 5.27. The quantitative estimate of drug-likeness (QED) is 0.442. The number of amides is 2. The normalized spacial score (nSPS) is 9.82. The number of benzene rings is 2. The number of methoxy groups -OCH3 is 2. The summed E-state index contributed by atoms with van der Waals surface area (Å²) in [5.74, 6) is 0.878. The molecule has 0 heterocycles. The second kappa shape index (κ2) is 10.5. The fraction of sp³-hybridized carbons (Fsp3) is 0.167. The van der Waals surface area contributed by atoms with Gasteiger partial charge in [0.1, 0.15) is 17.2 Å². The molecule has 0 saturated heterocycles. The first-order chi connectivity index (χ1) is 13.4. The first kappa shape index (κ1) is 21.5. The molecule has 0 saturated carbocycles. The second-order valence-corrected chi connectivity index (χ2v) is 6.53. The lowest BCUT2D eigenvalue weighted by Crippen LogP contribution is -2.49. The van der Waals surface area contributed by atoms with Crippen molar-refractivity contribution in [3.05, 3.63) is 52.5 Å². The Kier molecular flexibility index (Phi) is 8.02. The Hall–Kier alpha value is -2.85. The minimum atomic E-state index is -0.477. The van der Waals surface area contributed by atoms with E-state index in [2.05, 4.69) is 32.1 Å². The first-order valence-corrected chi connectivity index (χ1v) is 9.13. The van der Waals surface area contributed by atoms with Crippen molar-refractivity contribution in [3.63, 3.8) is 0 Å². The fourth-order valence-corrected chi connectivity index (χ4v) is 2.71. The third kappa shape index (κ3) is 6.39. The Labute approximate surface area is 175 Å². The third-order valence-corrected chi connectivity index (χ3v) is 4.21. The topological polar surface area (TPSA) is 97.9 Å². The smallest absolute Gasteiger partial charge is 0.269 e. The number of hydrogen-bond donors (Lipinski definition) is 3. The Morgan fingerprint density at radius 2 is 1.68 bits per heavy atom. The van der Waals surface area contributed by atoms with Gasteiger partial charge >= 0.3 is 0 Å². The van der Waals surface area contributed by atoms with Gasteiger partial charge in [-0.25, -0.2) is 0 Å². The molecule has 8 nitrogen and oxygen atoms in total. The fourth-order valence-electron chi connectivity index (χ4n) is 2.01. The van der Waals surface area contributed by atoms with Gasteiger partial charge in [-0.3, -0.25) is 25.8 Å². The molecular formula is C18H18BrN3O5S. The van der Waals surface area contributed by atoms with Crippen LogP contribution in [-0.2, 0) is 4.79 Å². The van der Waals surface area contributed by atoms with Gasteiger partial charge in [0.05, 0.1) is 18.7 Å². The number of carbonyl (C=O) groups excluding carboxylic acids is 2. The lowest BCUT2D eigenvalue weighted by Gasteiger charge is -2.12. The van der Waals surface area contributed by atoms with Crippen molar-refractivity contribution >= 4 is 45.1 Å².